The first kappa shape index (κ1) is 43.6. The van der Waals surface area contributed by atoms with Crippen molar-refractivity contribution in [2.24, 2.45) is 18.0 Å². The summed E-state index contributed by atoms with van der Waals surface area (Å²) in [6.45, 7) is 22.8. The number of pyridine rings is 1. The van der Waals surface area contributed by atoms with E-state index in [0.717, 1.165) is 65.3 Å². The Bertz CT molecular complexity index is 1680. The van der Waals surface area contributed by atoms with Gasteiger partial charge in [0.2, 0.25) is 0 Å². The number of nitrogens with zero attached hydrogens (tertiary/aromatic N) is 5. The van der Waals surface area contributed by atoms with Gasteiger partial charge >= 0.3 is 0 Å². The zero-order valence-corrected chi connectivity index (χ0v) is 33.0. The molecule has 0 aliphatic rings. The Balaban J connectivity index is 0.000000656. The molecule has 4 rings (SSSR count). The van der Waals surface area contributed by atoms with E-state index in [0.29, 0.717) is 5.92 Å². The van der Waals surface area contributed by atoms with Gasteiger partial charge in [0.05, 0.1) is 0 Å². The van der Waals surface area contributed by atoms with Gasteiger partial charge < -0.3 is 14.6 Å². The molecule has 4 aromatic rings. The van der Waals surface area contributed by atoms with Crippen molar-refractivity contribution in [3.8, 4) is 11.5 Å². The van der Waals surface area contributed by atoms with Crippen LogP contribution in [0.2, 0.25) is 0 Å². The first-order valence-electron chi connectivity index (χ1n) is 18.6. The van der Waals surface area contributed by atoms with Crippen LogP contribution in [0.4, 0.5) is 11.5 Å². The van der Waals surface area contributed by atoms with Gasteiger partial charge in [-0.1, -0.05) is 87.3 Å². The minimum absolute atomic E-state index is 0.197. The molecule has 1 N–H and O–H groups in total. The number of allylic oxidation sites excluding steroid dienone is 3. The normalized spacial score (nSPS) is 11.8. The van der Waals surface area contributed by atoms with Gasteiger partial charge in [-0.3, -0.25) is 4.79 Å². The van der Waals surface area contributed by atoms with E-state index in [1.807, 2.05) is 113 Å². The number of carbonyl (C=O) groups is 1. The third kappa shape index (κ3) is 13.8. The summed E-state index contributed by atoms with van der Waals surface area (Å²) >= 11 is 0. The van der Waals surface area contributed by atoms with E-state index < -0.39 is 0 Å². The summed E-state index contributed by atoms with van der Waals surface area (Å²) in [5, 5.41) is 7.89. The van der Waals surface area contributed by atoms with Gasteiger partial charge in [0.25, 0.3) is 0 Å². The monoisotopic (exact) mass is 685 g/mol. The summed E-state index contributed by atoms with van der Waals surface area (Å²) in [6.07, 6.45) is 19.5. The zero-order valence-electron chi connectivity index (χ0n) is 33.0. The molecule has 0 spiro atoms. The van der Waals surface area contributed by atoms with Crippen LogP contribution in [0.15, 0.2) is 84.5 Å². The Labute approximate surface area is 302 Å². The summed E-state index contributed by atoms with van der Waals surface area (Å²) in [7, 11) is 1.96. The summed E-state index contributed by atoms with van der Waals surface area (Å²) in [5.41, 5.74) is 5.10. The van der Waals surface area contributed by atoms with Crippen LogP contribution < -0.4 is 15.5 Å². The van der Waals surface area contributed by atoms with Gasteiger partial charge in [0.1, 0.15) is 28.8 Å². The van der Waals surface area contributed by atoms with E-state index in [-0.39, 0.29) is 11.7 Å². The van der Waals surface area contributed by atoms with Crippen LogP contribution in [-0.4, -0.2) is 24.9 Å². The fourth-order valence-corrected chi connectivity index (χ4v) is 4.71. The van der Waals surface area contributed by atoms with Crippen LogP contribution in [0.1, 0.15) is 125 Å². The molecule has 8 nitrogen and oxygen atoms in total. The molecule has 0 bridgehead atoms. The lowest BCUT2D eigenvalue weighted by atomic mass is 9.95. The van der Waals surface area contributed by atoms with Gasteiger partial charge in [0, 0.05) is 43.3 Å². The predicted molar refractivity (Wildman–Crippen MR) is 212 cm³/mol. The number of ketones is 1. The van der Waals surface area contributed by atoms with E-state index in [2.05, 4.69) is 60.2 Å². The van der Waals surface area contributed by atoms with Crippen LogP contribution in [-0.2, 0) is 11.8 Å². The van der Waals surface area contributed by atoms with Crippen molar-refractivity contribution in [2.45, 2.75) is 121 Å². The Morgan fingerprint density at radius 1 is 0.980 bits per heavy atom. The van der Waals surface area contributed by atoms with E-state index in [1.54, 1.807) is 18.6 Å². The van der Waals surface area contributed by atoms with E-state index >= 15 is 0 Å². The summed E-state index contributed by atoms with van der Waals surface area (Å²) in [6, 6.07) is 12.1. The summed E-state index contributed by atoms with van der Waals surface area (Å²) in [5.74, 6) is 3.27. The Morgan fingerprint density at radius 3 is 2.26 bits per heavy atom. The number of fused-ring (bicyclic) bond motifs is 1. The highest BCUT2D eigenvalue weighted by Crippen LogP contribution is 2.33. The molecule has 8 heteroatoms. The lowest BCUT2D eigenvalue weighted by Gasteiger charge is -2.15. The van der Waals surface area contributed by atoms with Crippen LogP contribution in [0.25, 0.3) is 5.52 Å². The largest absolute Gasteiger partial charge is 0.457 e. The van der Waals surface area contributed by atoms with Crippen molar-refractivity contribution < 1.29 is 9.53 Å². The molecule has 0 aliphatic heterocycles. The number of rotatable bonds is 13. The fourth-order valence-electron chi connectivity index (χ4n) is 4.71. The number of nitrogens with one attached hydrogen (secondary N) is 1. The molecular formula is C42H64N6O2. The number of unbranched alkanes of at least 4 members (excludes halogenated alkanes) is 1. The molecule has 274 valence electrons. The molecule has 1 unspecified atom stereocenters. The van der Waals surface area contributed by atoms with Crippen molar-refractivity contribution in [3.05, 3.63) is 96.2 Å². The number of hydrogen-bond acceptors (Lipinski definition) is 6. The van der Waals surface area contributed by atoms with Gasteiger partial charge in [-0.25, -0.2) is 14.5 Å². The topological polar surface area (TPSA) is 85.8 Å². The van der Waals surface area contributed by atoms with E-state index in [9.17, 15) is 4.79 Å². The van der Waals surface area contributed by atoms with Crippen LogP contribution in [0, 0.1) is 12.8 Å². The van der Waals surface area contributed by atoms with Crippen molar-refractivity contribution in [1.29, 1.82) is 0 Å². The van der Waals surface area contributed by atoms with Crippen LogP contribution in [0.3, 0.4) is 0 Å². The minimum Gasteiger partial charge on any atom is -0.457 e. The average molecular weight is 685 g/mol. The SMILES string of the molecule is C/C=C\N=c1cc(Oc2ccc(Nc3ncnn4ccc(C(CC)CC)c34)cc2C)ccn1C.CC.CC/C=C/C(=O)C(C)CC.CCCC. The fraction of sp³-hybridized carbons (Fsp3) is 0.476. The zero-order chi connectivity index (χ0) is 37.5. The molecule has 50 heavy (non-hydrogen) atoms. The number of anilines is 2. The molecule has 0 saturated heterocycles. The van der Waals surface area contributed by atoms with E-state index in [1.165, 1.54) is 18.4 Å². The number of aryl methyl sites for hydroxylation is 2. The number of ether oxygens (including phenoxy) is 1. The number of carbonyl (C=O) groups excluding carboxylic acids is 1. The highest BCUT2D eigenvalue weighted by Gasteiger charge is 2.17. The Kier molecular flexibility index (Phi) is 21.5. The van der Waals surface area contributed by atoms with Crippen molar-refractivity contribution in [3.63, 3.8) is 0 Å². The standard InChI is InChI=1S/C27H32N6O.C9H16O.C4H10.C2H6/c1-6-13-28-25-17-22(11-14-32(25)5)34-24-10-9-21(16-19(24)4)31-27-26-23(20(7-2)8-3)12-15-33(26)30-18-29-27;1-4-6-7-9(10)8(3)5-2;1-3-4-2;1-2/h6,9-18,20H,7-8H2,1-5H3,(H,29,30,31);6-8H,4-5H2,1-3H3;3-4H2,1-2H3;1-2H3/b13-6-,28-25?;7-6+;;. The van der Waals surface area contributed by atoms with E-state index in [4.69, 9.17) is 4.74 Å². The van der Waals surface area contributed by atoms with Crippen molar-refractivity contribution in [2.75, 3.05) is 5.32 Å². The smallest absolute Gasteiger partial charge is 0.158 e. The number of aromatic nitrogens is 4. The van der Waals surface area contributed by atoms with Crippen LogP contribution >= 0.6 is 0 Å². The third-order valence-electron chi connectivity index (χ3n) is 8.14. The first-order chi connectivity index (χ1) is 24.2. The Morgan fingerprint density at radius 2 is 1.68 bits per heavy atom. The molecule has 3 aromatic heterocycles. The highest BCUT2D eigenvalue weighted by atomic mass is 16.5. The maximum Gasteiger partial charge on any atom is 0.158 e. The molecule has 0 amide bonds. The lowest BCUT2D eigenvalue weighted by Crippen LogP contribution is -2.16. The van der Waals surface area contributed by atoms with Crippen molar-refractivity contribution >= 4 is 22.8 Å². The molecule has 0 saturated carbocycles. The second-order valence-corrected chi connectivity index (χ2v) is 11.9. The third-order valence-corrected chi connectivity index (χ3v) is 8.14. The summed E-state index contributed by atoms with van der Waals surface area (Å²) in [4.78, 5) is 20.0. The first-order valence-corrected chi connectivity index (χ1v) is 18.6. The molecule has 0 fully saturated rings. The molecule has 1 aromatic carbocycles. The second kappa shape index (κ2) is 24.6. The van der Waals surface area contributed by atoms with Gasteiger partial charge in [-0.15, -0.1) is 0 Å². The summed E-state index contributed by atoms with van der Waals surface area (Å²) < 4.78 is 10.0. The van der Waals surface area contributed by atoms with Gasteiger partial charge in [0.15, 0.2) is 11.6 Å². The molecule has 0 radical (unpaired) electrons. The van der Waals surface area contributed by atoms with Gasteiger partial charge in [-0.2, -0.15) is 5.10 Å². The van der Waals surface area contributed by atoms with Gasteiger partial charge in [-0.05, 0) is 93.0 Å². The molecule has 0 aliphatic carbocycles. The molecule has 3 heterocycles. The van der Waals surface area contributed by atoms with Crippen molar-refractivity contribution in [1.82, 2.24) is 19.2 Å². The number of hydrogen-bond donors (Lipinski definition) is 1. The maximum absolute atomic E-state index is 11.0. The number of benzene rings is 1. The molecular weight excluding hydrogens is 621 g/mol. The van der Waals surface area contributed by atoms with Crippen LogP contribution in [0.5, 0.6) is 11.5 Å². The second-order valence-electron chi connectivity index (χ2n) is 11.9. The maximum atomic E-state index is 11.0. The predicted octanol–water partition coefficient (Wildman–Crippen LogP) is 11.7. The Hall–Kier alpha value is -4.46. The minimum atomic E-state index is 0.197. The molecule has 1 atom stereocenters. The average Bonchev–Trinajstić information content (AvgIpc) is 3.58. The highest BCUT2D eigenvalue weighted by molar-refractivity contribution is 5.91. The quantitative estimate of drug-likeness (QED) is 0.142. The lowest BCUT2D eigenvalue weighted by molar-refractivity contribution is -0.117.